The van der Waals surface area contributed by atoms with Gasteiger partial charge in [-0.15, -0.1) is 0 Å². The van der Waals surface area contributed by atoms with Crippen LogP contribution in [0.15, 0.2) is 18.2 Å². The quantitative estimate of drug-likeness (QED) is 0.712. The van der Waals surface area contributed by atoms with Crippen molar-refractivity contribution < 1.29 is 4.74 Å². The fraction of sp³-hybridized carbons (Fsp3) is 0.571. The highest BCUT2D eigenvalue weighted by Crippen LogP contribution is 2.14. The molecule has 0 saturated carbocycles. The van der Waals surface area contributed by atoms with Crippen molar-refractivity contribution in [2.24, 2.45) is 0 Å². The zero-order valence-corrected chi connectivity index (χ0v) is 12.2. The van der Waals surface area contributed by atoms with Gasteiger partial charge in [0.2, 0.25) is 0 Å². The summed E-state index contributed by atoms with van der Waals surface area (Å²) in [6.07, 6.45) is 0. The van der Waals surface area contributed by atoms with Crippen molar-refractivity contribution in [3.63, 3.8) is 0 Å². The fourth-order valence-corrected chi connectivity index (χ4v) is 2.08. The van der Waals surface area contributed by atoms with Crippen molar-refractivity contribution in [1.82, 2.24) is 10.6 Å². The molecule has 1 rings (SSSR count). The number of nitrogens with one attached hydrogen (secondary N) is 2. The van der Waals surface area contributed by atoms with Crippen LogP contribution in [0, 0.1) is 6.92 Å². The van der Waals surface area contributed by atoms with Crippen molar-refractivity contribution in [3.8, 4) is 0 Å². The first kappa shape index (κ1) is 15.4. The molecule has 4 heteroatoms. The van der Waals surface area contributed by atoms with Crippen LogP contribution in [-0.4, -0.2) is 32.8 Å². The second-order valence-corrected chi connectivity index (χ2v) is 5.05. The first-order valence-electron chi connectivity index (χ1n) is 6.31. The van der Waals surface area contributed by atoms with Crippen LogP contribution in [0.25, 0.3) is 0 Å². The van der Waals surface area contributed by atoms with Gasteiger partial charge in [0.25, 0.3) is 0 Å². The molecular weight excluding hydrogens is 248 g/mol. The predicted molar refractivity (Wildman–Crippen MR) is 77.2 cm³/mol. The lowest BCUT2D eigenvalue weighted by Crippen LogP contribution is -2.37. The predicted octanol–water partition coefficient (Wildman–Crippen LogP) is 2.36. The van der Waals surface area contributed by atoms with Gasteiger partial charge in [0.15, 0.2) is 0 Å². The summed E-state index contributed by atoms with van der Waals surface area (Å²) in [7, 11) is 1.71. The van der Waals surface area contributed by atoms with E-state index in [2.05, 4.69) is 30.5 Å². The molecule has 0 aliphatic heterocycles. The summed E-state index contributed by atoms with van der Waals surface area (Å²) in [6.45, 7) is 7.64. The van der Waals surface area contributed by atoms with Gasteiger partial charge >= 0.3 is 0 Å². The van der Waals surface area contributed by atoms with Crippen LogP contribution in [0.2, 0.25) is 5.02 Å². The van der Waals surface area contributed by atoms with E-state index in [9.17, 15) is 0 Å². The van der Waals surface area contributed by atoms with Gasteiger partial charge in [0.05, 0.1) is 6.61 Å². The third-order valence-corrected chi connectivity index (χ3v) is 2.91. The molecule has 0 radical (unpaired) electrons. The number of rotatable bonds is 8. The van der Waals surface area contributed by atoms with Crippen LogP contribution in [0.1, 0.15) is 18.1 Å². The van der Waals surface area contributed by atoms with Gasteiger partial charge in [-0.3, -0.25) is 0 Å². The van der Waals surface area contributed by atoms with Crippen LogP contribution in [0.3, 0.4) is 0 Å². The van der Waals surface area contributed by atoms with Crippen LogP contribution < -0.4 is 10.6 Å². The third kappa shape index (κ3) is 6.36. The van der Waals surface area contributed by atoms with Gasteiger partial charge < -0.3 is 15.4 Å². The number of benzene rings is 1. The van der Waals surface area contributed by atoms with Crippen LogP contribution in [0.4, 0.5) is 0 Å². The van der Waals surface area contributed by atoms with Gasteiger partial charge in [-0.05, 0) is 37.1 Å². The van der Waals surface area contributed by atoms with E-state index >= 15 is 0 Å². The lowest BCUT2D eigenvalue weighted by atomic mass is 10.1. The van der Waals surface area contributed by atoms with Crippen molar-refractivity contribution in [3.05, 3.63) is 34.3 Å². The van der Waals surface area contributed by atoms with E-state index in [-0.39, 0.29) is 0 Å². The number of hydrogen-bond donors (Lipinski definition) is 2. The molecule has 2 N–H and O–H groups in total. The smallest absolute Gasteiger partial charge is 0.0587 e. The minimum Gasteiger partial charge on any atom is -0.383 e. The summed E-state index contributed by atoms with van der Waals surface area (Å²) >= 11 is 6.03. The van der Waals surface area contributed by atoms with Gasteiger partial charge in [0, 0.05) is 37.8 Å². The number of aryl methyl sites for hydroxylation is 1. The summed E-state index contributed by atoms with van der Waals surface area (Å²) in [5.74, 6) is 0. The van der Waals surface area contributed by atoms with Gasteiger partial charge in [-0.2, -0.15) is 0 Å². The maximum absolute atomic E-state index is 6.03. The average Bonchev–Trinajstić information content (AvgIpc) is 2.31. The highest BCUT2D eigenvalue weighted by molar-refractivity contribution is 6.30. The van der Waals surface area contributed by atoms with Crippen LogP contribution >= 0.6 is 11.6 Å². The summed E-state index contributed by atoms with van der Waals surface area (Å²) in [5.41, 5.74) is 2.42. The highest BCUT2D eigenvalue weighted by Gasteiger charge is 2.02. The average molecular weight is 271 g/mol. The minimum absolute atomic E-state index is 0.418. The normalized spacial score (nSPS) is 12.7. The molecule has 0 bridgehead atoms. The van der Waals surface area contributed by atoms with Gasteiger partial charge in [-0.1, -0.05) is 17.7 Å². The Morgan fingerprint density at radius 1 is 1.33 bits per heavy atom. The van der Waals surface area contributed by atoms with Crippen molar-refractivity contribution in [1.29, 1.82) is 0 Å². The molecular formula is C14H23ClN2O. The molecule has 0 heterocycles. The molecule has 0 saturated heterocycles. The molecule has 1 aromatic rings. The zero-order chi connectivity index (χ0) is 13.4. The Kier molecular flexibility index (Phi) is 7.28. The highest BCUT2D eigenvalue weighted by atomic mass is 35.5. The summed E-state index contributed by atoms with van der Waals surface area (Å²) in [6, 6.07) is 6.55. The van der Waals surface area contributed by atoms with E-state index in [0.29, 0.717) is 6.04 Å². The van der Waals surface area contributed by atoms with Crippen LogP contribution in [-0.2, 0) is 11.3 Å². The Morgan fingerprint density at radius 3 is 2.78 bits per heavy atom. The van der Waals surface area contributed by atoms with Crippen LogP contribution in [0.5, 0.6) is 0 Å². The second-order valence-electron chi connectivity index (χ2n) is 4.62. The van der Waals surface area contributed by atoms with Crippen molar-refractivity contribution >= 4 is 11.6 Å². The van der Waals surface area contributed by atoms with E-state index in [4.69, 9.17) is 16.3 Å². The maximum Gasteiger partial charge on any atom is 0.0587 e. The molecule has 0 spiro atoms. The van der Waals surface area contributed by atoms with Gasteiger partial charge in [0.1, 0.15) is 0 Å². The molecule has 0 aliphatic carbocycles. The minimum atomic E-state index is 0.418. The Morgan fingerprint density at radius 2 is 2.11 bits per heavy atom. The molecule has 0 aliphatic rings. The Bertz CT molecular complexity index is 337. The fourth-order valence-electron chi connectivity index (χ4n) is 1.77. The molecule has 1 aromatic carbocycles. The third-order valence-electron chi connectivity index (χ3n) is 2.69. The molecule has 18 heavy (non-hydrogen) atoms. The largest absolute Gasteiger partial charge is 0.383 e. The number of methoxy groups -OCH3 is 1. The second kappa shape index (κ2) is 8.48. The van der Waals surface area contributed by atoms with E-state index in [0.717, 1.165) is 31.3 Å². The van der Waals surface area contributed by atoms with Gasteiger partial charge in [-0.25, -0.2) is 0 Å². The van der Waals surface area contributed by atoms with E-state index in [1.807, 2.05) is 12.1 Å². The molecule has 0 amide bonds. The monoisotopic (exact) mass is 270 g/mol. The molecule has 1 atom stereocenters. The van der Waals surface area contributed by atoms with Crippen molar-refractivity contribution in [2.45, 2.75) is 26.4 Å². The molecule has 3 nitrogen and oxygen atoms in total. The van der Waals surface area contributed by atoms with E-state index in [1.165, 1.54) is 11.1 Å². The molecule has 0 fully saturated rings. The summed E-state index contributed by atoms with van der Waals surface area (Å²) in [4.78, 5) is 0. The van der Waals surface area contributed by atoms with Crippen molar-refractivity contribution in [2.75, 3.05) is 26.8 Å². The topological polar surface area (TPSA) is 33.3 Å². The molecule has 102 valence electrons. The molecule has 1 unspecified atom stereocenters. The number of ether oxygens (including phenoxy) is 1. The Balaban J connectivity index is 2.26. The molecule has 0 aromatic heterocycles. The lowest BCUT2D eigenvalue weighted by Gasteiger charge is -2.15. The summed E-state index contributed by atoms with van der Waals surface area (Å²) in [5, 5.41) is 7.60. The standard InChI is InChI=1S/C14H23ClN2O/c1-11-6-13(8-14(15)7-11)10-17-12(2)9-16-4-5-18-3/h6-8,12,16-17H,4-5,9-10H2,1-3H3. The van der Waals surface area contributed by atoms with E-state index in [1.54, 1.807) is 7.11 Å². The summed E-state index contributed by atoms with van der Waals surface area (Å²) < 4.78 is 4.98. The number of hydrogen-bond acceptors (Lipinski definition) is 3. The zero-order valence-electron chi connectivity index (χ0n) is 11.4. The Hall–Kier alpha value is -0.610. The number of halogens is 1. The van der Waals surface area contributed by atoms with E-state index < -0.39 is 0 Å². The maximum atomic E-state index is 6.03. The SMILES string of the molecule is COCCNCC(C)NCc1cc(C)cc(Cl)c1. The first-order valence-corrected chi connectivity index (χ1v) is 6.68. The first-order chi connectivity index (χ1) is 8.61. The lowest BCUT2D eigenvalue weighted by molar-refractivity contribution is 0.198. The Labute approximate surface area is 115 Å².